The predicted octanol–water partition coefficient (Wildman–Crippen LogP) is 8.63. The molecule has 0 saturated carbocycles. The van der Waals surface area contributed by atoms with Gasteiger partial charge in [-0.05, 0) is 45.9 Å². The molecule has 26 heavy (non-hydrogen) atoms. The maximum atomic E-state index is 3.22. The van der Waals surface area contributed by atoms with Crippen molar-refractivity contribution in [2.45, 2.75) is 79.1 Å². The number of hydrogen-bond donors (Lipinski definition) is 2. The third-order valence-electron chi connectivity index (χ3n) is 4.54. The maximum absolute atomic E-state index is 3.22. The molecule has 0 nitrogen and oxygen atoms in total. The lowest BCUT2D eigenvalue weighted by atomic mass is 9.97. The van der Waals surface area contributed by atoms with Crippen molar-refractivity contribution in [1.29, 1.82) is 0 Å². The maximum Gasteiger partial charge on any atom is -0.0219 e. The molecular weight excluding hydrogens is 352 g/mol. The van der Waals surface area contributed by atoms with Gasteiger partial charge in [0.05, 0.1) is 0 Å². The molecule has 0 saturated heterocycles. The minimum atomic E-state index is 0.645. The van der Waals surface area contributed by atoms with Gasteiger partial charge in [-0.3, -0.25) is 0 Å². The number of benzene rings is 2. The predicted molar refractivity (Wildman–Crippen MR) is 127 cm³/mol. The van der Waals surface area contributed by atoms with Crippen LogP contribution in [0.4, 0.5) is 0 Å². The summed E-state index contributed by atoms with van der Waals surface area (Å²) in [7, 11) is 0. The first-order chi connectivity index (χ1) is 12.2. The van der Waals surface area contributed by atoms with E-state index in [9.17, 15) is 0 Å². The average Bonchev–Trinajstić information content (AvgIpc) is 2.64. The van der Waals surface area contributed by atoms with Crippen molar-refractivity contribution in [2.24, 2.45) is 0 Å². The molecular formula is C24H38S2. The van der Waals surface area contributed by atoms with Gasteiger partial charge >= 0.3 is 0 Å². The summed E-state index contributed by atoms with van der Waals surface area (Å²) in [5.41, 5.74) is 5.72. The normalized spacial score (nSPS) is 10.5. The molecule has 0 heterocycles. The highest BCUT2D eigenvalue weighted by Crippen LogP contribution is 2.20. The van der Waals surface area contributed by atoms with Crippen molar-refractivity contribution in [3.05, 3.63) is 70.8 Å². The SMILES string of the molecule is CC(C)c1ccc(C(C)C)cc1.CC(C)c1ccc(C(C)C)cc1.SS. The largest absolute Gasteiger partial charge is 0.115 e. The fourth-order valence-corrected chi connectivity index (χ4v) is 2.53. The number of hydrogen-bond acceptors (Lipinski definition) is 2. The van der Waals surface area contributed by atoms with Gasteiger partial charge in [-0.15, -0.1) is 23.3 Å². The first kappa shape index (κ1) is 25.1. The molecule has 0 unspecified atom stereocenters. The summed E-state index contributed by atoms with van der Waals surface area (Å²) in [6.07, 6.45) is 0. The van der Waals surface area contributed by atoms with Crippen molar-refractivity contribution in [3.63, 3.8) is 0 Å². The first-order valence-corrected chi connectivity index (χ1v) is 11.2. The molecule has 0 atom stereocenters. The van der Waals surface area contributed by atoms with Crippen molar-refractivity contribution in [2.75, 3.05) is 0 Å². The Morgan fingerprint density at radius 2 is 0.500 bits per heavy atom. The Kier molecular flexibility index (Phi) is 12.9. The van der Waals surface area contributed by atoms with Gasteiger partial charge < -0.3 is 0 Å². The van der Waals surface area contributed by atoms with E-state index in [2.05, 4.69) is 127 Å². The second-order valence-electron chi connectivity index (χ2n) is 7.95. The molecule has 2 aromatic carbocycles. The Labute approximate surface area is 173 Å². The van der Waals surface area contributed by atoms with E-state index >= 15 is 0 Å². The van der Waals surface area contributed by atoms with Crippen LogP contribution in [0.3, 0.4) is 0 Å². The van der Waals surface area contributed by atoms with E-state index in [-0.39, 0.29) is 0 Å². The van der Waals surface area contributed by atoms with Crippen LogP contribution >= 0.6 is 23.3 Å². The van der Waals surface area contributed by atoms with Gasteiger partial charge in [0.2, 0.25) is 0 Å². The Morgan fingerprint density at radius 3 is 0.577 bits per heavy atom. The fraction of sp³-hybridized carbons (Fsp3) is 0.500. The molecule has 0 N–H and O–H groups in total. The van der Waals surface area contributed by atoms with Gasteiger partial charge in [0, 0.05) is 0 Å². The molecule has 2 heteroatoms. The topological polar surface area (TPSA) is 0 Å². The Morgan fingerprint density at radius 1 is 0.385 bits per heavy atom. The average molecular weight is 391 g/mol. The molecule has 0 bridgehead atoms. The van der Waals surface area contributed by atoms with Gasteiger partial charge in [-0.2, -0.15) is 0 Å². The van der Waals surface area contributed by atoms with Crippen LogP contribution in [-0.4, -0.2) is 0 Å². The highest BCUT2D eigenvalue weighted by atomic mass is 33.1. The summed E-state index contributed by atoms with van der Waals surface area (Å²) in [6.45, 7) is 17.8. The van der Waals surface area contributed by atoms with Crippen molar-refractivity contribution < 1.29 is 0 Å². The molecule has 0 aliphatic rings. The van der Waals surface area contributed by atoms with Crippen LogP contribution in [-0.2, 0) is 0 Å². The zero-order valence-electron chi connectivity index (χ0n) is 17.8. The standard InChI is InChI=1S/2C12H18.H2S2/c2*1-9(2)11-5-7-12(8-6-11)10(3)4;1-2/h2*5-10H,1-4H3;1-2H. The van der Waals surface area contributed by atoms with Crippen LogP contribution in [0.1, 0.15) is 101 Å². The summed E-state index contributed by atoms with van der Waals surface area (Å²) in [4.78, 5) is 0. The second-order valence-corrected chi connectivity index (χ2v) is 7.95. The number of rotatable bonds is 4. The third kappa shape index (κ3) is 9.19. The van der Waals surface area contributed by atoms with Crippen LogP contribution < -0.4 is 0 Å². The van der Waals surface area contributed by atoms with E-state index in [4.69, 9.17) is 0 Å². The molecule has 0 spiro atoms. The Hall–Kier alpha value is -0.860. The lowest BCUT2D eigenvalue weighted by Crippen LogP contribution is -1.90. The fourth-order valence-electron chi connectivity index (χ4n) is 2.53. The van der Waals surface area contributed by atoms with Crippen molar-refractivity contribution in [3.8, 4) is 0 Å². The zero-order chi connectivity index (χ0) is 20.3. The number of thiol groups is 2. The van der Waals surface area contributed by atoms with E-state index in [1.807, 2.05) is 0 Å². The highest BCUT2D eigenvalue weighted by molar-refractivity contribution is 8.59. The molecule has 0 amide bonds. The van der Waals surface area contributed by atoms with Crippen LogP contribution in [0, 0.1) is 0 Å². The molecule has 146 valence electrons. The van der Waals surface area contributed by atoms with E-state index < -0.39 is 0 Å². The van der Waals surface area contributed by atoms with Gasteiger partial charge in [0.25, 0.3) is 0 Å². The molecule has 0 aliphatic carbocycles. The van der Waals surface area contributed by atoms with Crippen LogP contribution in [0.25, 0.3) is 0 Å². The first-order valence-electron chi connectivity index (χ1n) is 9.62. The Balaban J connectivity index is 0.000000439. The minimum Gasteiger partial charge on any atom is -0.115 e. The van der Waals surface area contributed by atoms with Crippen molar-refractivity contribution in [1.82, 2.24) is 0 Å². The van der Waals surface area contributed by atoms with E-state index in [1.165, 1.54) is 22.3 Å². The second kappa shape index (κ2) is 13.3. The Bertz CT molecular complexity index is 469. The highest BCUT2D eigenvalue weighted by Gasteiger charge is 2.01. The molecule has 2 aromatic rings. The third-order valence-corrected chi connectivity index (χ3v) is 4.54. The summed E-state index contributed by atoms with van der Waals surface area (Å²) < 4.78 is 0. The van der Waals surface area contributed by atoms with E-state index in [0.717, 1.165) is 0 Å². The van der Waals surface area contributed by atoms with Gasteiger partial charge in [0.15, 0.2) is 0 Å². The quantitative estimate of drug-likeness (QED) is 0.379. The van der Waals surface area contributed by atoms with E-state index in [0.29, 0.717) is 23.7 Å². The summed E-state index contributed by atoms with van der Waals surface area (Å²) in [5.74, 6) is 2.58. The minimum absolute atomic E-state index is 0.645. The molecule has 0 fully saturated rings. The van der Waals surface area contributed by atoms with Gasteiger partial charge in [-0.25, -0.2) is 0 Å². The monoisotopic (exact) mass is 390 g/mol. The zero-order valence-corrected chi connectivity index (χ0v) is 19.6. The lowest BCUT2D eigenvalue weighted by Gasteiger charge is -2.08. The van der Waals surface area contributed by atoms with Crippen LogP contribution in [0.15, 0.2) is 48.5 Å². The van der Waals surface area contributed by atoms with Crippen molar-refractivity contribution >= 4 is 23.3 Å². The smallest absolute Gasteiger partial charge is 0.0219 e. The molecule has 0 aromatic heterocycles. The van der Waals surface area contributed by atoms with Gasteiger partial charge in [-0.1, -0.05) is 104 Å². The molecule has 0 aliphatic heterocycles. The molecule has 0 radical (unpaired) electrons. The summed E-state index contributed by atoms with van der Waals surface area (Å²) in [6, 6.07) is 17.9. The van der Waals surface area contributed by atoms with Crippen LogP contribution in [0.2, 0.25) is 0 Å². The lowest BCUT2D eigenvalue weighted by molar-refractivity contribution is 0.845. The summed E-state index contributed by atoms with van der Waals surface area (Å²) in [5, 5.41) is 0. The summed E-state index contributed by atoms with van der Waals surface area (Å²) >= 11 is 6.44. The van der Waals surface area contributed by atoms with E-state index in [1.54, 1.807) is 0 Å². The van der Waals surface area contributed by atoms with Crippen LogP contribution in [0.5, 0.6) is 0 Å². The molecule has 2 rings (SSSR count). The van der Waals surface area contributed by atoms with Gasteiger partial charge in [0.1, 0.15) is 0 Å².